The first-order valence-electron chi connectivity index (χ1n) is 6.19. The van der Waals surface area contributed by atoms with Crippen molar-refractivity contribution in [1.82, 2.24) is 0 Å². The van der Waals surface area contributed by atoms with E-state index in [1.54, 1.807) is 6.07 Å². The predicted octanol–water partition coefficient (Wildman–Crippen LogP) is 3.76. The smallest absolute Gasteiger partial charge is 0.261 e. The van der Waals surface area contributed by atoms with Gasteiger partial charge in [0.25, 0.3) is 10.0 Å². The summed E-state index contributed by atoms with van der Waals surface area (Å²) in [6.07, 6.45) is 0. The Hall–Kier alpha value is -1.66. The summed E-state index contributed by atoms with van der Waals surface area (Å²) in [6.45, 7) is 3.26. The fourth-order valence-corrected chi connectivity index (χ4v) is 3.26. The van der Waals surface area contributed by atoms with Gasteiger partial charge in [-0.2, -0.15) is 0 Å². The van der Waals surface area contributed by atoms with Crippen molar-refractivity contribution in [1.29, 1.82) is 0 Å². The molecule has 0 aliphatic carbocycles. The summed E-state index contributed by atoms with van der Waals surface area (Å²) in [6, 6.07) is 11.2. The second kappa shape index (κ2) is 5.99. The van der Waals surface area contributed by atoms with Gasteiger partial charge in [0.1, 0.15) is 0 Å². The number of halogens is 1. The van der Waals surface area contributed by atoms with Crippen molar-refractivity contribution in [2.24, 2.45) is 0 Å². The number of hydrogen-bond donors (Lipinski definition) is 1. The van der Waals surface area contributed by atoms with Crippen LogP contribution in [-0.2, 0) is 10.0 Å². The summed E-state index contributed by atoms with van der Waals surface area (Å²) in [5.74, 6) is -0.102. The van der Waals surface area contributed by atoms with Crippen LogP contribution in [0.5, 0.6) is 0 Å². The molecule has 0 saturated heterocycles. The minimum Gasteiger partial charge on any atom is -0.295 e. The largest absolute Gasteiger partial charge is 0.295 e. The molecule has 110 valence electrons. The zero-order chi connectivity index (χ0) is 15.6. The molecule has 0 aliphatic heterocycles. The van der Waals surface area contributed by atoms with Crippen molar-refractivity contribution < 1.29 is 13.2 Å². The lowest BCUT2D eigenvalue weighted by Gasteiger charge is -2.11. The maximum absolute atomic E-state index is 12.3. The zero-order valence-corrected chi connectivity index (χ0v) is 14.0. The predicted molar refractivity (Wildman–Crippen MR) is 86.1 cm³/mol. The lowest BCUT2D eigenvalue weighted by molar-refractivity contribution is 0.101. The Bertz CT molecular complexity index is 783. The van der Waals surface area contributed by atoms with Gasteiger partial charge in [-0.15, -0.1) is 0 Å². The molecule has 0 spiro atoms. The average molecular weight is 368 g/mol. The molecule has 0 fully saturated rings. The monoisotopic (exact) mass is 367 g/mol. The second-order valence-corrected chi connectivity index (χ2v) is 7.24. The quantitative estimate of drug-likeness (QED) is 0.836. The molecule has 0 amide bonds. The Morgan fingerprint density at radius 3 is 2.29 bits per heavy atom. The van der Waals surface area contributed by atoms with Gasteiger partial charge >= 0.3 is 0 Å². The third-order valence-corrected chi connectivity index (χ3v) is 4.89. The van der Waals surface area contributed by atoms with E-state index in [4.69, 9.17) is 0 Å². The maximum atomic E-state index is 12.3. The molecule has 0 aromatic heterocycles. The lowest BCUT2D eigenvalue weighted by atomic mass is 10.2. The molecule has 1 N–H and O–H groups in total. The molecule has 2 rings (SSSR count). The normalized spacial score (nSPS) is 11.2. The fraction of sp³-hybridized carbons (Fsp3) is 0.133. The molecular formula is C15H14BrNO3S. The van der Waals surface area contributed by atoms with Gasteiger partial charge in [-0.05, 0) is 43.7 Å². The number of Topliss-reactive ketones (excluding diaryl/α,β-unsaturated/α-hetero) is 1. The van der Waals surface area contributed by atoms with Crippen LogP contribution in [0.3, 0.4) is 0 Å². The van der Waals surface area contributed by atoms with Crippen LogP contribution in [0, 0.1) is 6.92 Å². The van der Waals surface area contributed by atoms with E-state index in [0.717, 1.165) is 10.0 Å². The van der Waals surface area contributed by atoms with E-state index in [0.29, 0.717) is 11.3 Å². The molecule has 0 radical (unpaired) electrons. The number of ketones is 1. The minimum absolute atomic E-state index is 0.102. The highest BCUT2D eigenvalue weighted by Crippen LogP contribution is 2.23. The fourth-order valence-electron chi connectivity index (χ4n) is 1.78. The van der Waals surface area contributed by atoms with E-state index in [-0.39, 0.29) is 10.7 Å². The molecule has 2 aromatic rings. The minimum atomic E-state index is -3.68. The molecule has 2 aromatic carbocycles. The van der Waals surface area contributed by atoms with Crippen LogP contribution in [0.2, 0.25) is 0 Å². The maximum Gasteiger partial charge on any atom is 0.261 e. The van der Waals surface area contributed by atoms with Crippen LogP contribution in [0.25, 0.3) is 0 Å². The summed E-state index contributed by atoms with van der Waals surface area (Å²) in [5.41, 5.74) is 1.81. The van der Waals surface area contributed by atoms with Crippen LogP contribution in [0.15, 0.2) is 51.8 Å². The highest BCUT2D eigenvalue weighted by molar-refractivity contribution is 9.10. The molecule has 0 saturated carbocycles. The van der Waals surface area contributed by atoms with Gasteiger partial charge in [-0.3, -0.25) is 9.52 Å². The van der Waals surface area contributed by atoms with Crippen LogP contribution in [0.1, 0.15) is 22.8 Å². The van der Waals surface area contributed by atoms with Crippen molar-refractivity contribution in [3.63, 3.8) is 0 Å². The number of hydrogen-bond acceptors (Lipinski definition) is 3. The molecule has 0 atom stereocenters. The summed E-state index contributed by atoms with van der Waals surface area (Å²) in [4.78, 5) is 11.3. The Kier molecular flexibility index (Phi) is 4.49. The first kappa shape index (κ1) is 15.7. The van der Waals surface area contributed by atoms with Crippen molar-refractivity contribution in [3.05, 3.63) is 58.1 Å². The molecule has 0 unspecified atom stereocenters. The number of nitrogens with one attached hydrogen (secondary N) is 1. The van der Waals surface area contributed by atoms with Crippen LogP contribution >= 0.6 is 15.9 Å². The number of aryl methyl sites for hydroxylation is 1. The van der Waals surface area contributed by atoms with E-state index < -0.39 is 10.0 Å². The Balaban J connectivity index is 2.34. The second-order valence-electron chi connectivity index (χ2n) is 4.65. The number of carbonyl (C=O) groups excluding carboxylic acids is 1. The highest BCUT2D eigenvalue weighted by Gasteiger charge is 2.15. The van der Waals surface area contributed by atoms with Crippen molar-refractivity contribution in [2.75, 3.05) is 4.72 Å². The molecule has 0 aliphatic rings. The van der Waals surface area contributed by atoms with Gasteiger partial charge in [0.2, 0.25) is 0 Å². The summed E-state index contributed by atoms with van der Waals surface area (Å²) in [7, 11) is -3.68. The van der Waals surface area contributed by atoms with Gasteiger partial charge in [0.05, 0.1) is 10.6 Å². The number of rotatable bonds is 4. The van der Waals surface area contributed by atoms with Gasteiger partial charge in [0, 0.05) is 10.0 Å². The van der Waals surface area contributed by atoms with Gasteiger partial charge in [-0.1, -0.05) is 34.1 Å². The van der Waals surface area contributed by atoms with E-state index in [9.17, 15) is 13.2 Å². The van der Waals surface area contributed by atoms with Crippen LogP contribution in [-0.4, -0.2) is 14.2 Å². The van der Waals surface area contributed by atoms with Gasteiger partial charge in [-0.25, -0.2) is 8.42 Å². The molecule has 0 bridgehead atoms. The number of anilines is 1. The molecule has 6 heteroatoms. The van der Waals surface area contributed by atoms with E-state index in [2.05, 4.69) is 20.7 Å². The number of carbonyl (C=O) groups is 1. The molecule has 21 heavy (non-hydrogen) atoms. The number of benzene rings is 2. The zero-order valence-electron chi connectivity index (χ0n) is 11.6. The average Bonchev–Trinajstić information content (AvgIpc) is 2.43. The topological polar surface area (TPSA) is 63.2 Å². The summed E-state index contributed by atoms with van der Waals surface area (Å²) in [5, 5.41) is 0. The van der Waals surface area contributed by atoms with Gasteiger partial charge in [0.15, 0.2) is 5.78 Å². The number of sulfonamides is 1. The Labute approximate surface area is 132 Å². The van der Waals surface area contributed by atoms with Crippen LogP contribution < -0.4 is 4.72 Å². The molecule has 4 nitrogen and oxygen atoms in total. The Morgan fingerprint density at radius 1 is 1.10 bits per heavy atom. The molecule has 0 heterocycles. The highest BCUT2D eigenvalue weighted by atomic mass is 79.9. The van der Waals surface area contributed by atoms with E-state index in [1.165, 1.54) is 31.2 Å². The first-order chi connectivity index (χ1) is 9.79. The van der Waals surface area contributed by atoms with E-state index in [1.807, 2.05) is 19.1 Å². The summed E-state index contributed by atoms with van der Waals surface area (Å²) < 4.78 is 28.0. The van der Waals surface area contributed by atoms with Crippen molar-refractivity contribution in [3.8, 4) is 0 Å². The third kappa shape index (κ3) is 3.71. The van der Waals surface area contributed by atoms with Crippen molar-refractivity contribution in [2.45, 2.75) is 18.7 Å². The molecular weight excluding hydrogens is 354 g/mol. The van der Waals surface area contributed by atoms with Gasteiger partial charge < -0.3 is 0 Å². The van der Waals surface area contributed by atoms with Crippen LogP contribution in [0.4, 0.5) is 5.69 Å². The Morgan fingerprint density at radius 2 is 1.71 bits per heavy atom. The first-order valence-corrected chi connectivity index (χ1v) is 8.47. The van der Waals surface area contributed by atoms with Crippen molar-refractivity contribution >= 4 is 37.4 Å². The van der Waals surface area contributed by atoms with E-state index >= 15 is 0 Å². The lowest BCUT2D eigenvalue weighted by Crippen LogP contribution is -2.14. The third-order valence-electron chi connectivity index (χ3n) is 3.02. The standard InChI is InChI=1S/C15H14BrNO3S/c1-10-3-6-13(16)9-15(10)17-21(19,20)14-7-4-12(5-8-14)11(2)18/h3-9,17H,1-2H3. The summed E-state index contributed by atoms with van der Waals surface area (Å²) >= 11 is 3.31. The SMILES string of the molecule is CC(=O)c1ccc(S(=O)(=O)Nc2cc(Br)ccc2C)cc1.